The van der Waals surface area contributed by atoms with Crippen LogP contribution >= 0.6 is 0 Å². The van der Waals surface area contributed by atoms with E-state index in [4.69, 9.17) is 0 Å². The van der Waals surface area contributed by atoms with E-state index >= 15 is 0 Å². The summed E-state index contributed by atoms with van der Waals surface area (Å²) in [5, 5.41) is 3.30. The van der Waals surface area contributed by atoms with E-state index in [1.165, 1.54) is 6.20 Å². The molecule has 1 heterocycles. The van der Waals surface area contributed by atoms with Crippen molar-refractivity contribution in [3.05, 3.63) is 28.9 Å². The molecule has 0 aliphatic heterocycles. The second kappa shape index (κ2) is 7.14. The number of aromatic nitrogens is 2. The van der Waals surface area contributed by atoms with Crippen LogP contribution in [0, 0.1) is 0 Å². The molecule has 0 amide bonds. The molecule has 1 aromatic heterocycles. The van der Waals surface area contributed by atoms with Gasteiger partial charge in [0.1, 0.15) is 0 Å². The molecule has 0 fully saturated rings. The van der Waals surface area contributed by atoms with Gasteiger partial charge >= 0.3 is 5.69 Å². The van der Waals surface area contributed by atoms with Crippen molar-refractivity contribution in [2.75, 3.05) is 33.7 Å². The first-order valence-corrected chi connectivity index (χ1v) is 5.57. The molecule has 0 spiro atoms. The molecule has 5 nitrogen and oxygen atoms in total. The molecule has 0 saturated carbocycles. The van der Waals surface area contributed by atoms with E-state index < -0.39 is 0 Å². The van der Waals surface area contributed by atoms with Crippen LogP contribution in [-0.2, 0) is 6.54 Å². The lowest BCUT2D eigenvalue weighted by molar-refractivity contribution is 0.393. The zero-order valence-corrected chi connectivity index (χ0v) is 10.0. The molecule has 0 radical (unpaired) electrons. The van der Waals surface area contributed by atoms with Crippen LogP contribution in [-0.4, -0.2) is 48.2 Å². The van der Waals surface area contributed by atoms with Crippen molar-refractivity contribution in [3.8, 4) is 0 Å². The lowest BCUT2D eigenvalue weighted by atomic mass is 10.4. The van der Waals surface area contributed by atoms with Gasteiger partial charge in [0.2, 0.25) is 0 Å². The van der Waals surface area contributed by atoms with Crippen molar-refractivity contribution in [1.29, 1.82) is 0 Å². The Hall–Kier alpha value is -1.20. The van der Waals surface area contributed by atoms with Gasteiger partial charge in [-0.3, -0.25) is 4.57 Å². The summed E-state index contributed by atoms with van der Waals surface area (Å²) in [6.45, 7) is 3.54. The molecule has 5 heteroatoms. The molecule has 0 aliphatic rings. The van der Waals surface area contributed by atoms with Crippen molar-refractivity contribution in [3.63, 3.8) is 0 Å². The minimum Gasteiger partial charge on any atom is -0.315 e. The summed E-state index contributed by atoms with van der Waals surface area (Å²) >= 11 is 0. The zero-order chi connectivity index (χ0) is 11.8. The molecule has 90 valence electrons. The summed E-state index contributed by atoms with van der Waals surface area (Å²) in [6.07, 6.45) is 4.40. The Labute approximate surface area is 96.1 Å². The fourth-order valence-electron chi connectivity index (χ4n) is 1.40. The molecular formula is C11H20N4O. The Morgan fingerprint density at radius 3 is 2.94 bits per heavy atom. The van der Waals surface area contributed by atoms with Gasteiger partial charge in [-0.25, -0.2) is 9.78 Å². The summed E-state index contributed by atoms with van der Waals surface area (Å²) in [4.78, 5) is 17.1. The molecule has 1 N–H and O–H groups in total. The molecule has 0 aliphatic carbocycles. The van der Waals surface area contributed by atoms with E-state index in [-0.39, 0.29) is 5.69 Å². The summed E-state index contributed by atoms with van der Waals surface area (Å²) in [5.41, 5.74) is -0.183. The van der Waals surface area contributed by atoms with Gasteiger partial charge in [-0.2, -0.15) is 0 Å². The highest BCUT2D eigenvalue weighted by molar-refractivity contribution is 4.80. The van der Waals surface area contributed by atoms with Crippen LogP contribution in [0.1, 0.15) is 6.42 Å². The highest BCUT2D eigenvalue weighted by Crippen LogP contribution is 1.82. The van der Waals surface area contributed by atoms with Crippen molar-refractivity contribution in [2.45, 2.75) is 13.0 Å². The van der Waals surface area contributed by atoms with E-state index in [1.54, 1.807) is 16.8 Å². The zero-order valence-electron chi connectivity index (χ0n) is 10.0. The molecule has 0 aromatic carbocycles. The number of rotatable bonds is 7. The highest BCUT2D eigenvalue weighted by atomic mass is 16.1. The summed E-state index contributed by atoms with van der Waals surface area (Å²) in [7, 11) is 4.13. The maximum Gasteiger partial charge on any atom is 0.347 e. The monoisotopic (exact) mass is 224 g/mol. The second-order valence-corrected chi connectivity index (χ2v) is 4.00. The fourth-order valence-corrected chi connectivity index (χ4v) is 1.40. The SMILES string of the molecule is CN(C)CCCNCCn1cccnc1=O. The van der Waals surface area contributed by atoms with Crippen LogP contribution in [0.2, 0.25) is 0 Å². The van der Waals surface area contributed by atoms with Crippen LogP contribution in [0.4, 0.5) is 0 Å². The Morgan fingerprint density at radius 1 is 1.44 bits per heavy atom. The van der Waals surface area contributed by atoms with Crippen LogP contribution in [0.3, 0.4) is 0 Å². The quantitative estimate of drug-likeness (QED) is 0.651. The third-order valence-electron chi connectivity index (χ3n) is 2.27. The van der Waals surface area contributed by atoms with Crippen molar-refractivity contribution in [1.82, 2.24) is 19.8 Å². The predicted octanol–water partition coefficient (Wildman–Crippen LogP) is -0.215. The maximum atomic E-state index is 11.2. The number of nitrogens with zero attached hydrogens (tertiary/aromatic N) is 3. The smallest absolute Gasteiger partial charge is 0.315 e. The largest absolute Gasteiger partial charge is 0.347 e. The minimum absolute atomic E-state index is 0.183. The molecule has 16 heavy (non-hydrogen) atoms. The molecule has 0 unspecified atom stereocenters. The average Bonchev–Trinajstić information content (AvgIpc) is 2.25. The lowest BCUT2D eigenvalue weighted by Crippen LogP contribution is -2.29. The highest BCUT2D eigenvalue weighted by Gasteiger charge is 1.94. The summed E-state index contributed by atoms with van der Waals surface area (Å²) in [6, 6.07) is 1.77. The van der Waals surface area contributed by atoms with Gasteiger partial charge in [0.25, 0.3) is 0 Å². The normalized spacial score (nSPS) is 10.9. The van der Waals surface area contributed by atoms with Crippen molar-refractivity contribution < 1.29 is 0 Å². The second-order valence-electron chi connectivity index (χ2n) is 4.00. The lowest BCUT2D eigenvalue weighted by Gasteiger charge is -2.10. The van der Waals surface area contributed by atoms with E-state index in [0.717, 1.165) is 26.1 Å². The summed E-state index contributed by atoms with van der Waals surface area (Å²) < 4.78 is 1.61. The van der Waals surface area contributed by atoms with E-state index in [9.17, 15) is 4.79 Å². The fraction of sp³-hybridized carbons (Fsp3) is 0.636. The van der Waals surface area contributed by atoms with E-state index in [1.807, 2.05) is 0 Å². The molecule has 1 rings (SSSR count). The van der Waals surface area contributed by atoms with Crippen molar-refractivity contribution in [2.24, 2.45) is 0 Å². The van der Waals surface area contributed by atoms with Gasteiger partial charge in [-0.1, -0.05) is 0 Å². The van der Waals surface area contributed by atoms with Gasteiger partial charge in [0.15, 0.2) is 0 Å². The van der Waals surface area contributed by atoms with Crippen LogP contribution in [0.5, 0.6) is 0 Å². The number of hydrogen-bond acceptors (Lipinski definition) is 4. The Kier molecular flexibility index (Phi) is 5.74. The molecule has 0 atom stereocenters. The van der Waals surface area contributed by atoms with Crippen LogP contribution < -0.4 is 11.0 Å². The molecule has 0 saturated heterocycles. The minimum atomic E-state index is -0.183. The maximum absolute atomic E-state index is 11.2. The summed E-state index contributed by atoms with van der Waals surface area (Å²) in [5.74, 6) is 0. The number of nitrogens with one attached hydrogen (secondary N) is 1. The van der Waals surface area contributed by atoms with Gasteiger partial charge in [0.05, 0.1) is 0 Å². The van der Waals surface area contributed by atoms with Gasteiger partial charge in [-0.15, -0.1) is 0 Å². The van der Waals surface area contributed by atoms with Gasteiger partial charge in [0, 0.05) is 25.5 Å². The molecule has 0 bridgehead atoms. The van der Waals surface area contributed by atoms with Crippen LogP contribution in [0.25, 0.3) is 0 Å². The first-order valence-electron chi connectivity index (χ1n) is 5.57. The first kappa shape index (κ1) is 12.9. The van der Waals surface area contributed by atoms with E-state index in [0.29, 0.717) is 6.54 Å². The third kappa shape index (κ3) is 5.04. The Bertz CT molecular complexity index is 348. The van der Waals surface area contributed by atoms with Gasteiger partial charge in [-0.05, 0) is 39.7 Å². The van der Waals surface area contributed by atoms with Gasteiger partial charge < -0.3 is 10.2 Å². The first-order chi connectivity index (χ1) is 7.70. The van der Waals surface area contributed by atoms with Crippen LogP contribution in [0.15, 0.2) is 23.3 Å². The number of hydrogen-bond donors (Lipinski definition) is 1. The third-order valence-corrected chi connectivity index (χ3v) is 2.27. The van der Waals surface area contributed by atoms with Crippen molar-refractivity contribution >= 4 is 0 Å². The average molecular weight is 224 g/mol. The molecular weight excluding hydrogens is 204 g/mol. The Morgan fingerprint density at radius 2 is 2.25 bits per heavy atom. The van der Waals surface area contributed by atoms with E-state index in [2.05, 4.69) is 29.3 Å². The Balaban J connectivity index is 2.12. The topological polar surface area (TPSA) is 50.2 Å². The predicted molar refractivity (Wildman–Crippen MR) is 64.5 cm³/mol. The standard InChI is InChI=1S/C11H20N4O/c1-14(2)8-3-5-12-7-10-15-9-4-6-13-11(15)16/h4,6,9,12H,3,5,7-8,10H2,1-2H3. The molecule has 1 aromatic rings.